The topological polar surface area (TPSA) is 92.4 Å². The van der Waals surface area contributed by atoms with Crippen LogP contribution in [0.2, 0.25) is 5.02 Å². The number of aromatic hydroxyl groups is 1. The Morgan fingerprint density at radius 1 is 1.11 bits per heavy atom. The second kappa shape index (κ2) is 4.99. The Labute approximate surface area is 115 Å². The van der Waals surface area contributed by atoms with Gasteiger partial charge in [-0.15, -0.1) is 0 Å². The van der Waals surface area contributed by atoms with Crippen molar-refractivity contribution in [3.05, 3.63) is 47.5 Å². The van der Waals surface area contributed by atoms with Crippen LogP contribution >= 0.6 is 11.6 Å². The summed E-state index contributed by atoms with van der Waals surface area (Å²) in [5, 5.41) is 9.87. The molecule has 0 unspecified atom stereocenters. The van der Waals surface area contributed by atoms with Gasteiger partial charge in [0.2, 0.25) is 0 Å². The summed E-state index contributed by atoms with van der Waals surface area (Å²) in [4.78, 5) is 0.0771. The van der Waals surface area contributed by atoms with Crippen molar-refractivity contribution >= 4 is 33.0 Å². The summed E-state index contributed by atoms with van der Waals surface area (Å²) >= 11 is 5.70. The maximum atomic E-state index is 12.0. The number of benzene rings is 2. The Bertz CT molecular complexity index is 699. The first-order valence-electron chi connectivity index (χ1n) is 5.25. The predicted molar refractivity (Wildman–Crippen MR) is 74.8 cm³/mol. The lowest BCUT2D eigenvalue weighted by Crippen LogP contribution is -2.12. The Morgan fingerprint density at radius 2 is 1.74 bits per heavy atom. The van der Waals surface area contributed by atoms with Crippen LogP contribution in [0.3, 0.4) is 0 Å². The molecule has 0 aromatic heterocycles. The zero-order valence-corrected chi connectivity index (χ0v) is 11.2. The Hall–Kier alpha value is -1.92. The first-order valence-corrected chi connectivity index (χ1v) is 7.11. The molecule has 0 radical (unpaired) electrons. The van der Waals surface area contributed by atoms with E-state index in [0.717, 1.165) is 0 Å². The molecule has 0 aliphatic rings. The standard InChI is InChI=1S/C12H11ClN2O3S/c13-8-1-4-10(5-2-8)19(17,18)15-9-3-6-11(14)12(16)7-9/h1-7,15-16H,14H2. The summed E-state index contributed by atoms with van der Waals surface area (Å²) in [5.74, 6) is -0.184. The van der Waals surface area contributed by atoms with E-state index in [0.29, 0.717) is 5.02 Å². The van der Waals surface area contributed by atoms with Crippen LogP contribution in [0.5, 0.6) is 5.75 Å². The van der Waals surface area contributed by atoms with Gasteiger partial charge < -0.3 is 10.8 Å². The SMILES string of the molecule is Nc1ccc(NS(=O)(=O)c2ccc(Cl)cc2)cc1O. The van der Waals surface area contributed by atoms with Gasteiger partial charge in [0.15, 0.2) is 0 Å². The van der Waals surface area contributed by atoms with Crippen LogP contribution in [0.4, 0.5) is 11.4 Å². The monoisotopic (exact) mass is 298 g/mol. The molecule has 5 nitrogen and oxygen atoms in total. The summed E-state index contributed by atoms with van der Waals surface area (Å²) in [7, 11) is -3.72. The molecular weight excluding hydrogens is 288 g/mol. The summed E-state index contributed by atoms with van der Waals surface area (Å²) in [6.45, 7) is 0. The molecule has 0 aliphatic carbocycles. The van der Waals surface area contributed by atoms with Crippen LogP contribution in [0, 0.1) is 0 Å². The van der Waals surface area contributed by atoms with E-state index in [2.05, 4.69) is 4.72 Å². The lowest BCUT2D eigenvalue weighted by atomic mass is 10.3. The molecule has 19 heavy (non-hydrogen) atoms. The molecule has 100 valence electrons. The van der Waals surface area contributed by atoms with Gasteiger partial charge in [-0.25, -0.2) is 8.42 Å². The van der Waals surface area contributed by atoms with Crippen LogP contribution < -0.4 is 10.5 Å². The first-order chi connectivity index (χ1) is 8.88. The van der Waals surface area contributed by atoms with Crippen LogP contribution in [-0.2, 0) is 10.0 Å². The highest BCUT2D eigenvalue weighted by atomic mass is 35.5. The minimum absolute atomic E-state index is 0.0771. The maximum absolute atomic E-state index is 12.0. The average Bonchev–Trinajstić information content (AvgIpc) is 2.34. The van der Waals surface area contributed by atoms with Gasteiger partial charge in [0, 0.05) is 11.1 Å². The Balaban J connectivity index is 2.30. The summed E-state index contributed by atoms with van der Waals surface area (Å²) in [6, 6.07) is 9.86. The smallest absolute Gasteiger partial charge is 0.261 e. The van der Waals surface area contributed by atoms with Gasteiger partial charge in [-0.3, -0.25) is 4.72 Å². The molecule has 7 heteroatoms. The fourth-order valence-electron chi connectivity index (χ4n) is 1.43. The minimum atomic E-state index is -3.72. The first kappa shape index (κ1) is 13.5. The van der Waals surface area contributed by atoms with Crippen molar-refractivity contribution in [2.24, 2.45) is 0 Å². The molecule has 4 N–H and O–H groups in total. The van der Waals surface area contributed by atoms with Crippen LogP contribution in [0.25, 0.3) is 0 Å². The highest BCUT2D eigenvalue weighted by Gasteiger charge is 2.14. The van der Waals surface area contributed by atoms with E-state index in [9.17, 15) is 13.5 Å². The fraction of sp³-hybridized carbons (Fsp3) is 0. The maximum Gasteiger partial charge on any atom is 0.261 e. The van der Waals surface area contributed by atoms with Gasteiger partial charge in [0.25, 0.3) is 10.0 Å². The van der Waals surface area contributed by atoms with Crippen molar-refractivity contribution in [3.63, 3.8) is 0 Å². The third kappa shape index (κ3) is 3.10. The van der Waals surface area contributed by atoms with Crippen molar-refractivity contribution in [2.45, 2.75) is 4.90 Å². The van der Waals surface area contributed by atoms with Crippen molar-refractivity contribution in [1.29, 1.82) is 0 Å². The fourth-order valence-corrected chi connectivity index (χ4v) is 2.61. The van der Waals surface area contributed by atoms with E-state index < -0.39 is 10.0 Å². The van der Waals surface area contributed by atoms with Gasteiger partial charge in [0.1, 0.15) is 5.75 Å². The van der Waals surface area contributed by atoms with Gasteiger partial charge >= 0.3 is 0 Å². The number of hydrogen-bond acceptors (Lipinski definition) is 4. The molecule has 0 atom stereocenters. The molecular formula is C12H11ClN2O3S. The molecule has 0 spiro atoms. The van der Waals surface area contributed by atoms with Gasteiger partial charge in [-0.05, 0) is 36.4 Å². The van der Waals surface area contributed by atoms with Gasteiger partial charge in [-0.2, -0.15) is 0 Å². The second-order valence-electron chi connectivity index (χ2n) is 3.83. The molecule has 2 aromatic carbocycles. The van der Waals surface area contributed by atoms with Crippen molar-refractivity contribution < 1.29 is 13.5 Å². The molecule has 0 aliphatic heterocycles. The van der Waals surface area contributed by atoms with E-state index in [1.807, 2.05) is 0 Å². The molecule has 0 fully saturated rings. The zero-order chi connectivity index (χ0) is 14.0. The largest absolute Gasteiger partial charge is 0.506 e. The van der Waals surface area contributed by atoms with Crippen LogP contribution in [-0.4, -0.2) is 13.5 Å². The molecule has 0 heterocycles. The quantitative estimate of drug-likeness (QED) is 0.599. The lowest BCUT2D eigenvalue weighted by molar-refractivity contribution is 0.478. The minimum Gasteiger partial charge on any atom is -0.506 e. The number of anilines is 2. The molecule has 0 saturated carbocycles. The van der Waals surface area contributed by atoms with Gasteiger partial charge in [0.05, 0.1) is 16.3 Å². The summed E-state index contributed by atoms with van der Waals surface area (Å²) in [6.07, 6.45) is 0. The summed E-state index contributed by atoms with van der Waals surface area (Å²) in [5.41, 5.74) is 5.84. The van der Waals surface area contributed by atoms with Crippen molar-refractivity contribution in [3.8, 4) is 5.75 Å². The third-order valence-corrected chi connectivity index (χ3v) is 4.06. The number of nitrogens with two attached hydrogens (primary N) is 1. The van der Waals surface area contributed by atoms with Crippen molar-refractivity contribution in [2.75, 3.05) is 10.5 Å². The third-order valence-electron chi connectivity index (χ3n) is 2.41. The normalized spacial score (nSPS) is 11.2. The van der Waals surface area contributed by atoms with Gasteiger partial charge in [-0.1, -0.05) is 11.6 Å². The van der Waals surface area contributed by atoms with Crippen molar-refractivity contribution in [1.82, 2.24) is 0 Å². The molecule has 0 saturated heterocycles. The summed E-state index contributed by atoms with van der Waals surface area (Å²) < 4.78 is 26.4. The highest BCUT2D eigenvalue weighted by molar-refractivity contribution is 7.92. The average molecular weight is 299 g/mol. The van der Waals surface area contributed by atoms with Crippen LogP contribution in [0.15, 0.2) is 47.4 Å². The number of hydrogen-bond donors (Lipinski definition) is 3. The molecule has 0 amide bonds. The number of nitrogen functional groups attached to an aromatic ring is 1. The number of rotatable bonds is 3. The molecule has 2 aromatic rings. The van der Waals surface area contributed by atoms with E-state index in [4.69, 9.17) is 17.3 Å². The van der Waals surface area contributed by atoms with E-state index in [-0.39, 0.29) is 22.0 Å². The Kier molecular flexibility index (Phi) is 3.55. The number of halogens is 1. The number of nitrogens with one attached hydrogen (secondary N) is 1. The number of phenols is 1. The van der Waals surface area contributed by atoms with E-state index in [1.54, 1.807) is 0 Å². The predicted octanol–water partition coefficient (Wildman–Crippen LogP) is 2.43. The number of sulfonamides is 1. The zero-order valence-electron chi connectivity index (χ0n) is 9.67. The van der Waals surface area contributed by atoms with E-state index in [1.165, 1.54) is 42.5 Å². The van der Waals surface area contributed by atoms with E-state index >= 15 is 0 Å². The lowest BCUT2D eigenvalue weighted by Gasteiger charge is -2.09. The second-order valence-corrected chi connectivity index (χ2v) is 5.95. The highest BCUT2D eigenvalue weighted by Crippen LogP contribution is 2.25. The Morgan fingerprint density at radius 3 is 2.32 bits per heavy atom. The number of phenolic OH excluding ortho intramolecular Hbond substituents is 1. The molecule has 2 rings (SSSR count). The molecule has 0 bridgehead atoms. The van der Waals surface area contributed by atoms with Crippen LogP contribution in [0.1, 0.15) is 0 Å².